The van der Waals surface area contributed by atoms with Crippen molar-refractivity contribution in [3.63, 3.8) is 0 Å². The summed E-state index contributed by atoms with van der Waals surface area (Å²) in [5, 5.41) is 11.6. The first-order valence-electron chi connectivity index (χ1n) is 7.49. The van der Waals surface area contributed by atoms with Gasteiger partial charge in [-0.25, -0.2) is 0 Å². The van der Waals surface area contributed by atoms with Crippen molar-refractivity contribution >= 4 is 29.0 Å². The predicted molar refractivity (Wildman–Crippen MR) is 93.8 cm³/mol. The number of carbonyl (C=O) groups is 1. The average Bonchev–Trinajstić information content (AvgIpc) is 2.57. The number of thioether (sulfide) groups is 1. The topological polar surface area (TPSA) is 56.1 Å². The van der Waals surface area contributed by atoms with Crippen LogP contribution in [0.2, 0.25) is 0 Å². The Kier molecular flexibility index (Phi) is 4.84. The van der Waals surface area contributed by atoms with E-state index >= 15 is 0 Å². The van der Waals surface area contributed by atoms with Gasteiger partial charge in [-0.15, -0.1) is 11.8 Å². The molecule has 0 unspecified atom stereocenters. The number of hydrogen-bond acceptors (Lipinski definition) is 4. The Balaban J connectivity index is 1.63. The summed E-state index contributed by atoms with van der Waals surface area (Å²) in [6.07, 6.45) is 0.385. The molecule has 116 valence electrons. The maximum atomic E-state index is 12.3. The molecule has 0 spiro atoms. The number of carbonyl (C=O) groups excluding carboxylic acids is 1. The summed E-state index contributed by atoms with van der Waals surface area (Å²) >= 11 is 1.83. The first kappa shape index (κ1) is 15.4. The van der Waals surface area contributed by atoms with Gasteiger partial charge < -0.3 is 10.2 Å². The Hall–Kier alpha value is -2.45. The Morgan fingerprint density at radius 1 is 1.22 bits per heavy atom. The number of rotatable bonds is 4. The first-order chi connectivity index (χ1) is 11.3. The number of para-hydroxylation sites is 1. The molecule has 0 aliphatic carbocycles. The van der Waals surface area contributed by atoms with Crippen LogP contribution >= 0.6 is 11.8 Å². The maximum Gasteiger partial charge on any atom is 0.243 e. The molecular weight excluding hydrogens is 306 g/mol. The average molecular weight is 323 g/mol. The van der Waals surface area contributed by atoms with Crippen LogP contribution in [0.3, 0.4) is 0 Å². The van der Waals surface area contributed by atoms with Crippen molar-refractivity contribution in [3.05, 3.63) is 54.1 Å². The minimum atomic E-state index is -0.0280. The minimum Gasteiger partial charge on any atom is -0.360 e. The molecule has 0 saturated heterocycles. The van der Waals surface area contributed by atoms with Gasteiger partial charge in [0.15, 0.2) is 0 Å². The van der Waals surface area contributed by atoms with Gasteiger partial charge in [0.25, 0.3) is 0 Å². The van der Waals surface area contributed by atoms with Crippen LogP contribution in [0, 0.1) is 11.3 Å². The monoisotopic (exact) mass is 323 g/mol. The van der Waals surface area contributed by atoms with E-state index in [9.17, 15) is 4.79 Å². The molecule has 1 N–H and O–H groups in total. The van der Waals surface area contributed by atoms with Gasteiger partial charge in [-0.3, -0.25) is 4.79 Å². The summed E-state index contributed by atoms with van der Waals surface area (Å²) in [6, 6.07) is 17.7. The lowest BCUT2D eigenvalue weighted by Gasteiger charge is -2.30. The summed E-state index contributed by atoms with van der Waals surface area (Å²) in [6.45, 7) is 1.22. The van der Waals surface area contributed by atoms with Gasteiger partial charge in [-0.05, 0) is 29.8 Å². The normalized spacial score (nSPS) is 13.1. The van der Waals surface area contributed by atoms with Gasteiger partial charge >= 0.3 is 0 Å². The summed E-state index contributed by atoms with van der Waals surface area (Å²) in [5.41, 5.74) is 2.84. The van der Waals surface area contributed by atoms with E-state index in [1.807, 2.05) is 48.2 Å². The molecule has 0 aromatic heterocycles. The number of amides is 1. The number of nitriles is 1. The SMILES string of the molecule is N#CCc1ccc(NC(=O)CN2CCSc3ccccc32)cc1. The molecule has 0 atom stereocenters. The number of anilines is 2. The van der Waals surface area contributed by atoms with Gasteiger partial charge in [0, 0.05) is 22.9 Å². The highest BCUT2D eigenvalue weighted by Gasteiger charge is 2.19. The fourth-order valence-electron chi connectivity index (χ4n) is 2.56. The predicted octanol–water partition coefficient (Wildman–Crippen LogP) is 3.30. The third-order valence-electron chi connectivity index (χ3n) is 3.68. The number of fused-ring (bicyclic) bond motifs is 1. The van der Waals surface area contributed by atoms with E-state index < -0.39 is 0 Å². The van der Waals surface area contributed by atoms with Gasteiger partial charge in [0.2, 0.25) is 5.91 Å². The van der Waals surface area contributed by atoms with E-state index in [4.69, 9.17) is 5.26 Å². The van der Waals surface area contributed by atoms with E-state index in [0.717, 1.165) is 29.2 Å². The highest BCUT2D eigenvalue weighted by Crippen LogP contribution is 2.33. The van der Waals surface area contributed by atoms with Crippen LogP contribution in [0.1, 0.15) is 5.56 Å². The summed E-state index contributed by atoms with van der Waals surface area (Å²) in [7, 11) is 0. The van der Waals surface area contributed by atoms with Crippen LogP contribution in [0.5, 0.6) is 0 Å². The second kappa shape index (κ2) is 7.21. The lowest BCUT2D eigenvalue weighted by atomic mass is 10.1. The van der Waals surface area contributed by atoms with Crippen molar-refractivity contribution < 1.29 is 4.79 Å². The second-order valence-corrected chi connectivity index (χ2v) is 6.45. The molecule has 0 radical (unpaired) electrons. The first-order valence-corrected chi connectivity index (χ1v) is 8.47. The highest BCUT2D eigenvalue weighted by molar-refractivity contribution is 7.99. The van der Waals surface area contributed by atoms with Crippen LogP contribution in [0.15, 0.2) is 53.4 Å². The fraction of sp³-hybridized carbons (Fsp3) is 0.222. The number of nitrogens with one attached hydrogen (secondary N) is 1. The third-order valence-corrected chi connectivity index (χ3v) is 4.72. The molecule has 3 rings (SSSR count). The molecule has 1 aliphatic heterocycles. The number of nitrogens with zero attached hydrogens (tertiary/aromatic N) is 2. The summed E-state index contributed by atoms with van der Waals surface area (Å²) in [4.78, 5) is 15.6. The molecular formula is C18H17N3OS. The zero-order valence-corrected chi connectivity index (χ0v) is 13.5. The van der Waals surface area contributed by atoms with Gasteiger partial charge in [0.1, 0.15) is 0 Å². The van der Waals surface area contributed by atoms with E-state index in [-0.39, 0.29) is 5.91 Å². The van der Waals surface area contributed by atoms with Crippen molar-refractivity contribution in [1.29, 1.82) is 5.26 Å². The van der Waals surface area contributed by atoms with E-state index in [0.29, 0.717) is 13.0 Å². The Bertz CT molecular complexity index is 737. The minimum absolute atomic E-state index is 0.0280. The number of hydrogen-bond donors (Lipinski definition) is 1. The highest BCUT2D eigenvalue weighted by atomic mass is 32.2. The number of benzene rings is 2. The molecule has 4 nitrogen and oxygen atoms in total. The van der Waals surface area contributed by atoms with Crippen LogP contribution in [0.25, 0.3) is 0 Å². The van der Waals surface area contributed by atoms with Gasteiger partial charge in [0.05, 0.1) is 24.7 Å². The van der Waals surface area contributed by atoms with E-state index in [1.54, 1.807) is 0 Å². The van der Waals surface area contributed by atoms with E-state index in [2.05, 4.69) is 28.4 Å². The van der Waals surface area contributed by atoms with Gasteiger partial charge in [-0.2, -0.15) is 5.26 Å². The molecule has 0 fully saturated rings. The molecule has 1 heterocycles. The van der Waals surface area contributed by atoms with Crippen LogP contribution < -0.4 is 10.2 Å². The van der Waals surface area contributed by atoms with Crippen LogP contribution in [-0.2, 0) is 11.2 Å². The smallest absolute Gasteiger partial charge is 0.243 e. The molecule has 23 heavy (non-hydrogen) atoms. The summed E-state index contributed by atoms with van der Waals surface area (Å²) < 4.78 is 0. The van der Waals surface area contributed by atoms with Crippen molar-refractivity contribution in [1.82, 2.24) is 0 Å². The second-order valence-electron chi connectivity index (χ2n) is 5.32. The lowest BCUT2D eigenvalue weighted by Crippen LogP contribution is -2.36. The largest absolute Gasteiger partial charge is 0.360 e. The molecule has 1 aliphatic rings. The van der Waals surface area contributed by atoms with Crippen molar-refractivity contribution in [2.75, 3.05) is 29.1 Å². The lowest BCUT2D eigenvalue weighted by molar-refractivity contribution is -0.115. The zero-order chi connectivity index (χ0) is 16.1. The quantitative estimate of drug-likeness (QED) is 0.938. The Morgan fingerprint density at radius 2 is 2.00 bits per heavy atom. The third kappa shape index (κ3) is 3.85. The molecule has 0 saturated carbocycles. The molecule has 5 heteroatoms. The fourth-order valence-corrected chi connectivity index (χ4v) is 3.61. The molecule has 1 amide bonds. The van der Waals surface area contributed by atoms with Crippen molar-refractivity contribution in [3.8, 4) is 6.07 Å². The molecule has 2 aromatic rings. The van der Waals surface area contributed by atoms with Crippen molar-refractivity contribution in [2.45, 2.75) is 11.3 Å². The maximum absolute atomic E-state index is 12.3. The van der Waals surface area contributed by atoms with Gasteiger partial charge in [-0.1, -0.05) is 24.3 Å². The Morgan fingerprint density at radius 3 is 2.78 bits per heavy atom. The molecule has 0 bridgehead atoms. The van der Waals surface area contributed by atoms with E-state index in [1.165, 1.54) is 4.90 Å². The zero-order valence-electron chi connectivity index (χ0n) is 12.7. The van der Waals surface area contributed by atoms with Crippen molar-refractivity contribution in [2.24, 2.45) is 0 Å². The molecule has 2 aromatic carbocycles. The Labute approximate surface area is 140 Å². The standard InChI is InChI=1S/C18H17N3OS/c19-10-9-14-5-7-15(8-6-14)20-18(22)13-21-11-12-23-17-4-2-1-3-16(17)21/h1-8H,9,11-13H2,(H,20,22). The van der Waals surface area contributed by atoms with Crippen LogP contribution in [-0.4, -0.2) is 24.7 Å². The summed E-state index contributed by atoms with van der Waals surface area (Å²) in [5.74, 6) is 0.965. The van der Waals surface area contributed by atoms with Crippen LogP contribution in [0.4, 0.5) is 11.4 Å².